The van der Waals surface area contributed by atoms with Crippen LogP contribution >= 0.6 is 11.8 Å². The maximum Gasteiger partial charge on any atom is 0.123 e. The van der Waals surface area contributed by atoms with Gasteiger partial charge < -0.3 is 10.6 Å². The quantitative estimate of drug-likeness (QED) is 0.828. The van der Waals surface area contributed by atoms with Gasteiger partial charge in [-0.2, -0.15) is 11.8 Å². The predicted molar refractivity (Wildman–Crippen MR) is 69.0 cm³/mol. The highest BCUT2D eigenvalue weighted by Crippen LogP contribution is 2.11. The fraction of sp³-hybridized carbons (Fsp3) is 0.500. The van der Waals surface area contributed by atoms with Crippen LogP contribution in [0.25, 0.3) is 0 Å². The number of nitrogens with zero attached hydrogens (tertiary/aromatic N) is 1. The molecule has 0 aromatic heterocycles. The first-order valence-electron chi connectivity index (χ1n) is 5.31. The molecular weight excluding hydrogens is 223 g/mol. The Morgan fingerprint density at radius 3 is 2.62 bits per heavy atom. The van der Waals surface area contributed by atoms with Gasteiger partial charge in [0.25, 0.3) is 0 Å². The SMILES string of the molecule is CSCCN(C)Cc1cc(F)cc(CN)c1. The van der Waals surface area contributed by atoms with Crippen LogP contribution in [0.3, 0.4) is 0 Å². The molecule has 0 fully saturated rings. The molecule has 1 rings (SSSR count). The van der Waals surface area contributed by atoms with Crippen LogP contribution in [0.15, 0.2) is 18.2 Å². The van der Waals surface area contributed by atoms with Crippen molar-refractivity contribution < 1.29 is 4.39 Å². The lowest BCUT2D eigenvalue weighted by molar-refractivity contribution is 0.348. The third-order valence-electron chi connectivity index (χ3n) is 2.38. The first-order chi connectivity index (χ1) is 7.65. The molecule has 0 heterocycles. The van der Waals surface area contributed by atoms with Crippen LogP contribution in [0.4, 0.5) is 4.39 Å². The monoisotopic (exact) mass is 242 g/mol. The average Bonchev–Trinajstić information content (AvgIpc) is 2.25. The van der Waals surface area contributed by atoms with Gasteiger partial charge in [-0.1, -0.05) is 6.07 Å². The summed E-state index contributed by atoms with van der Waals surface area (Å²) in [6.45, 7) is 2.17. The first kappa shape index (κ1) is 13.5. The number of benzene rings is 1. The molecular formula is C12H19FN2S. The van der Waals surface area contributed by atoms with E-state index in [1.807, 2.05) is 24.9 Å². The molecule has 0 amide bonds. The highest BCUT2D eigenvalue weighted by atomic mass is 32.2. The summed E-state index contributed by atoms with van der Waals surface area (Å²) in [6, 6.07) is 5.04. The van der Waals surface area contributed by atoms with E-state index < -0.39 is 0 Å². The minimum Gasteiger partial charge on any atom is -0.326 e. The predicted octanol–water partition coefficient (Wildman–Crippen LogP) is 2.08. The second-order valence-corrected chi connectivity index (χ2v) is 4.89. The van der Waals surface area contributed by atoms with Crippen LogP contribution < -0.4 is 5.73 Å². The van der Waals surface area contributed by atoms with Crippen LogP contribution in [0.1, 0.15) is 11.1 Å². The van der Waals surface area contributed by atoms with Gasteiger partial charge in [0.1, 0.15) is 5.82 Å². The minimum atomic E-state index is -0.198. The molecule has 4 heteroatoms. The van der Waals surface area contributed by atoms with Gasteiger partial charge in [0.15, 0.2) is 0 Å². The molecule has 2 N–H and O–H groups in total. The molecule has 0 saturated carbocycles. The molecule has 0 aliphatic heterocycles. The fourth-order valence-electron chi connectivity index (χ4n) is 1.56. The van der Waals surface area contributed by atoms with Crippen molar-refractivity contribution >= 4 is 11.8 Å². The molecule has 90 valence electrons. The number of thioether (sulfide) groups is 1. The number of hydrogen-bond acceptors (Lipinski definition) is 3. The third-order valence-corrected chi connectivity index (χ3v) is 2.97. The molecule has 1 aromatic carbocycles. The molecule has 16 heavy (non-hydrogen) atoms. The van der Waals surface area contributed by atoms with Crippen LogP contribution in [0.5, 0.6) is 0 Å². The summed E-state index contributed by atoms with van der Waals surface area (Å²) in [7, 11) is 2.04. The lowest BCUT2D eigenvalue weighted by Gasteiger charge is -2.16. The maximum absolute atomic E-state index is 13.2. The van der Waals surface area contributed by atoms with E-state index in [1.165, 1.54) is 6.07 Å². The highest BCUT2D eigenvalue weighted by molar-refractivity contribution is 7.98. The van der Waals surface area contributed by atoms with Crippen molar-refractivity contribution in [1.29, 1.82) is 0 Å². The number of nitrogens with two attached hydrogens (primary N) is 1. The van der Waals surface area contributed by atoms with Crippen molar-refractivity contribution in [3.63, 3.8) is 0 Å². The van der Waals surface area contributed by atoms with E-state index in [9.17, 15) is 4.39 Å². The van der Waals surface area contributed by atoms with E-state index in [4.69, 9.17) is 5.73 Å². The summed E-state index contributed by atoms with van der Waals surface area (Å²) in [6.07, 6.45) is 2.09. The van der Waals surface area contributed by atoms with E-state index in [2.05, 4.69) is 11.2 Å². The first-order valence-corrected chi connectivity index (χ1v) is 6.71. The van der Waals surface area contributed by atoms with Crippen LogP contribution in [0.2, 0.25) is 0 Å². The normalized spacial score (nSPS) is 11.1. The fourth-order valence-corrected chi connectivity index (χ4v) is 2.06. The molecule has 1 aromatic rings. The van der Waals surface area contributed by atoms with Gasteiger partial charge in [0.2, 0.25) is 0 Å². The smallest absolute Gasteiger partial charge is 0.123 e. The van der Waals surface area contributed by atoms with Crippen LogP contribution in [0, 0.1) is 5.82 Å². The standard InChI is InChI=1S/C12H19FN2S/c1-15(3-4-16-2)9-11-5-10(8-14)6-12(13)7-11/h5-7H,3-4,8-9,14H2,1-2H3. The Balaban J connectivity index is 2.61. The summed E-state index contributed by atoms with van der Waals surface area (Å²) in [5.74, 6) is 0.895. The minimum absolute atomic E-state index is 0.198. The van der Waals surface area contributed by atoms with Gasteiger partial charge in [-0.3, -0.25) is 0 Å². The maximum atomic E-state index is 13.2. The molecule has 0 bridgehead atoms. The summed E-state index contributed by atoms with van der Waals surface area (Å²) >= 11 is 1.82. The molecule has 2 nitrogen and oxygen atoms in total. The zero-order valence-electron chi connectivity index (χ0n) is 9.87. The van der Waals surface area contributed by atoms with Crippen molar-refractivity contribution in [2.24, 2.45) is 5.73 Å². The van der Waals surface area contributed by atoms with Crippen molar-refractivity contribution in [2.75, 3.05) is 25.6 Å². The lowest BCUT2D eigenvalue weighted by Crippen LogP contribution is -2.20. The summed E-state index contributed by atoms with van der Waals surface area (Å²) in [5.41, 5.74) is 7.36. The lowest BCUT2D eigenvalue weighted by atomic mass is 10.1. The van der Waals surface area contributed by atoms with Crippen molar-refractivity contribution in [3.8, 4) is 0 Å². The topological polar surface area (TPSA) is 29.3 Å². The van der Waals surface area contributed by atoms with Crippen molar-refractivity contribution in [2.45, 2.75) is 13.1 Å². The average molecular weight is 242 g/mol. The zero-order valence-corrected chi connectivity index (χ0v) is 10.7. The van der Waals surface area contributed by atoms with Gasteiger partial charge in [0.05, 0.1) is 0 Å². The Labute approximate surface area is 101 Å². The molecule has 0 aliphatic carbocycles. The Morgan fingerprint density at radius 1 is 1.31 bits per heavy atom. The molecule has 0 saturated heterocycles. The Hall–Kier alpha value is -0.580. The highest BCUT2D eigenvalue weighted by Gasteiger charge is 2.03. The van der Waals surface area contributed by atoms with Gasteiger partial charge >= 0.3 is 0 Å². The Kier molecular flexibility index (Phi) is 5.80. The van der Waals surface area contributed by atoms with Gasteiger partial charge in [0, 0.05) is 25.4 Å². The van der Waals surface area contributed by atoms with Crippen molar-refractivity contribution in [1.82, 2.24) is 4.90 Å². The summed E-state index contributed by atoms with van der Waals surface area (Å²) in [5, 5.41) is 0. The summed E-state index contributed by atoms with van der Waals surface area (Å²) < 4.78 is 13.2. The van der Waals surface area contributed by atoms with E-state index in [0.29, 0.717) is 6.54 Å². The second kappa shape index (κ2) is 6.89. The van der Waals surface area contributed by atoms with Crippen LogP contribution in [-0.4, -0.2) is 30.5 Å². The second-order valence-electron chi connectivity index (χ2n) is 3.90. The van der Waals surface area contributed by atoms with Gasteiger partial charge in [-0.05, 0) is 36.6 Å². The number of halogens is 1. The van der Waals surface area contributed by atoms with Gasteiger partial charge in [-0.15, -0.1) is 0 Å². The van der Waals surface area contributed by atoms with E-state index in [0.717, 1.165) is 30.0 Å². The van der Waals surface area contributed by atoms with E-state index in [1.54, 1.807) is 6.07 Å². The van der Waals surface area contributed by atoms with E-state index in [-0.39, 0.29) is 5.82 Å². The zero-order chi connectivity index (χ0) is 12.0. The molecule has 0 unspecified atom stereocenters. The number of rotatable bonds is 6. The summed E-state index contributed by atoms with van der Waals surface area (Å²) in [4.78, 5) is 2.19. The Morgan fingerprint density at radius 2 is 2.00 bits per heavy atom. The number of hydrogen-bond donors (Lipinski definition) is 1. The molecule has 0 aliphatic rings. The van der Waals surface area contributed by atoms with E-state index >= 15 is 0 Å². The van der Waals surface area contributed by atoms with Crippen LogP contribution in [-0.2, 0) is 13.1 Å². The van der Waals surface area contributed by atoms with Gasteiger partial charge in [-0.25, -0.2) is 4.39 Å². The Bertz CT molecular complexity index is 331. The largest absolute Gasteiger partial charge is 0.326 e. The molecule has 0 atom stereocenters. The molecule has 0 radical (unpaired) electrons. The third kappa shape index (κ3) is 4.51. The molecule has 0 spiro atoms. The van der Waals surface area contributed by atoms with Crippen molar-refractivity contribution in [3.05, 3.63) is 35.1 Å².